The summed E-state index contributed by atoms with van der Waals surface area (Å²) in [5.41, 5.74) is -7.44. The molecule has 4 saturated heterocycles. The number of benzene rings is 1. The van der Waals surface area contributed by atoms with Crippen LogP contribution in [-0.2, 0) is 52.3 Å². The van der Waals surface area contributed by atoms with Gasteiger partial charge in [-0.2, -0.15) is 0 Å². The van der Waals surface area contributed by atoms with Crippen LogP contribution in [0, 0.1) is 34.0 Å². The summed E-state index contributed by atoms with van der Waals surface area (Å²) in [4.78, 5) is 40.3. The number of hydrogen-bond donors (Lipinski definition) is 3. The number of hydrogen-bond acceptors (Lipinski definition) is 14. The first kappa shape index (κ1) is 34.4. The van der Waals surface area contributed by atoms with Gasteiger partial charge in [0.1, 0.15) is 23.4 Å². The smallest absolute Gasteiger partial charge is 0.366 e. The molecule has 1 spiro atoms. The Balaban J connectivity index is 1.23. The van der Waals surface area contributed by atoms with Crippen LogP contribution >= 0.6 is 0 Å². The van der Waals surface area contributed by atoms with E-state index in [1.54, 1.807) is 19.1 Å². The molecule has 0 aromatic heterocycles. The van der Waals surface area contributed by atoms with Gasteiger partial charge in [-0.3, -0.25) is 4.79 Å². The number of ether oxygens (including phenoxy) is 8. The van der Waals surface area contributed by atoms with E-state index in [2.05, 4.69) is 0 Å². The van der Waals surface area contributed by atoms with Crippen molar-refractivity contribution in [2.24, 2.45) is 34.0 Å². The second kappa shape index (κ2) is 10.6. The van der Waals surface area contributed by atoms with Crippen LogP contribution in [0.15, 0.2) is 48.7 Å². The molecular weight excluding hydrogens is 680 g/mol. The van der Waals surface area contributed by atoms with Gasteiger partial charge in [-0.05, 0) is 31.1 Å². The number of aliphatic hydroxyl groups excluding tert-OH is 1. The molecule has 14 nitrogen and oxygen atoms in total. The van der Waals surface area contributed by atoms with E-state index in [1.165, 1.54) is 19.3 Å². The van der Waals surface area contributed by atoms with Gasteiger partial charge in [0.25, 0.3) is 5.79 Å². The van der Waals surface area contributed by atoms with Crippen molar-refractivity contribution in [1.29, 1.82) is 0 Å². The molecule has 3 saturated carbocycles. The number of carbonyl (C=O) groups excluding carboxylic acids is 3. The van der Waals surface area contributed by atoms with Crippen molar-refractivity contribution in [2.45, 2.75) is 99.9 Å². The Kier molecular flexibility index (Phi) is 7.04. The van der Waals surface area contributed by atoms with Gasteiger partial charge in [0.15, 0.2) is 5.60 Å². The lowest BCUT2D eigenvalue weighted by Crippen LogP contribution is -2.78. The van der Waals surface area contributed by atoms with E-state index in [-0.39, 0.29) is 19.6 Å². The topological polar surface area (TPSA) is 189 Å². The monoisotopic (exact) mass is 724 g/mol. The van der Waals surface area contributed by atoms with Crippen LogP contribution in [0.1, 0.15) is 46.1 Å². The summed E-state index contributed by atoms with van der Waals surface area (Å²) in [6.07, 6.45) is -0.0874. The van der Waals surface area contributed by atoms with E-state index in [4.69, 9.17) is 37.9 Å². The van der Waals surface area contributed by atoms with Crippen LogP contribution in [0.3, 0.4) is 0 Å². The zero-order chi connectivity index (χ0) is 36.9. The summed E-state index contributed by atoms with van der Waals surface area (Å²) in [5.74, 6) is -7.76. The minimum absolute atomic E-state index is 0.0228. The third-order valence-electron chi connectivity index (χ3n) is 14.4. The third kappa shape index (κ3) is 3.81. The number of methoxy groups -OCH3 is 1. The van der Waals surface area contributed by atoms with Gasteiger partial charge in [-0.15, -0.1) is 0 Å². The number of carbonyl (C=O) groups is 3. The highest BCUT2D eigenvalue weighted by Crippen LogP contribution is 2.82. The predicted molar refractivity (Wildman–Crippen MR) is 174 cm³/mol. The van der Waals surface area contributed by atoms with Gasteiger partial charge < -0.3 is 53.2 Å². The van der Waals surface area contributed by atoms with E-state index in [0.717, 1.165) is 12.7 Å². The molecule has 52 heavy (non-hydrogen) atoms. The summed E-state index contributed by atoms with van der Waals surface area (Å²) >= 11 is 0. The fraction of sp³-hybridized carbons (Fsp3) is 0.658. The summed E-state index contributed by atoms with van der Waals surface area (Å²) in [6.45, 7) is 6.46. The highest BCUT2D eigenvalue weighted by atomic mass is 16.7. The molecule has 5 aliphatic heterocycles. The van der Waals surface area contributed by atoms with Crippen molar-refractivity contribution >= 4 is 24.0 Å². The molecule has 8 aliphatic rings. The van der Waals surface area contributed by atoms with Gasteiger partial charge in [-0.1, -0.05) is 44.2 Å². The number of epoxide rings is 1. The number of fused-ring (bicyclic) bond motifs is 7. The molecule has 16 atom stereocenters. The maximum absolute atomic E-state index is 13.9. The first-order valence-corrected chi connectivity index (χ1v) is 17.8. The van der Waals surface area contributed by atoms with Crippen LogP contribution in [0.5, 0.6) is 0 Å². The van der Waals surface area contributed by atoms with Crippen LogP contribution in [-0.4, -0.2) is 113 Å². The minimum atomic E-state index is -2.68. The van der Waals surface area contributed by atoms with Gasteiger partial charge in [-0.25, -0.2) is 9.59 Å². The normalized spacial score (nSPS) is 53.0. The molecule has 3 N–H and O–H groups in total. The lowest BCUT2D eigenvalue weighted by molar-refractivity contribution is -0.314. The predicted octanol–water partition coefficient (Wildman–Crippen LogP) is 1.39. The van der Waals surface area contributed by atoms with E-state index in [0.29, 0.717) is 6.42 Å². The molecule has 1 aromatic carbocycles. The van der Waals surface area contributed by atoms with Crippen molar-refractivity contribution in [2.75, 3.05) is 20.3 Å². The van der Waals surface area contributed by atoms with E-state index in [1.807, 2.05) is 44.2 Å². The maximum Gasteiger partial charge on any atom is 0.366 e. The Morgan fingerprint density at radius 1 is 1.00 bits per heavy atom. The lowest BCUT2D eigenvalue weighted by atomic mass is 9.37. The standard InChI is InChI=1S/C38H44O14/c1-19(39)49-22-16-23(50-25(40)12-11-20-9-7-6-8-10-20)35-18-48-37(44,30(42)45-5)29(35)33(3,28(41)26-27(35)32(22,2)17-47-26)38-24-15-21(34(38,4)52-38)36(43)13-14-46-31(36)51-24/h6-14,21-24,26-29,31,41,43-44H,15-18H2,1-5H3/t21-,22-,23+,24+,26-,27-,28-,29+,31+,32-,33-,34+,35+,36+,37+,38+/m1/s1. The number of esters is 3. The second-order valence-electron chi connectivity index (χ2n) is 16.5. The van der Waals surface area contributed by atoms with Gasteiger partial charge >= 0.3 is 17.9 Å². The third-order valence-corrected chi connectivity index (χ3v) is 14.4. The molecular formula is C38H44O14. The molecule has 9 rings (SSSR count). The second-order valence-corrected chi connectivity index (χ2v) is 16.5. The average Bonchev–Trinajstić information content (AvgIpc) is 3.44. The molecule has 3 aliphatic carbocycles. The SMILES string of the molecule is COC(=O)[C@@]1(O)OC[C@]23[C@@H](OC(=O)C=Cc4ccccc4)C[C@@H](OC(C)=O)[C@@]4(C)CO[C@H]([C@H]42)[C@@H](O)[C@@](C)([C@]24O[C@@]2(C)[C@H]2C[C@@H]4O[C@@H]4OC=C[C@@]42O)[C@@H]31. The van der Waals surface area contributed by atoms with E-state index in [9.17, 15) is 29.7 Å². The molecule has 5 heterocycles. The molecule has 280 valence electrons. The molecule has 0 unspecified atom stereocenters. The fourth-order valence-electron chi connectivity index (χ4n) is 12.6. The Morgan fingerprint density at radius 3 is 2.46 bits per heavy atom. The number of rotatable bonds is 6. The first-order valence-electron chi connectivity index (χ1n) is 17.8. The van der Waals surface area contributed by atoms with Gasteiger partial charge in [0.2, 0.25) is 6.29 Å². The highest BCUT2D eigenvalue weighted by molar-refractivity contribution is 5.87. The maximum atomic E-state index is 13.9. The number of aliphatic hydroxyl groups is 3. The summed E-state index contributed by atoms with van der Waals surface area (Å²) in [6, 6.07) is 9.18. The Morgan fingerprint density at radius 2 is 1.75 bits per heavy atom. The largest absolute Gasteiger partial charge is 0.469 e. The van der Waals surface area contributed by atoms with Crippen LogP contribution in [0.25, 0.3) is 6.08 Å². The molecule has 0 radical (unpaired) electrons. The Labute approximate surface area is 299 Å². The molecule has 7 fully saturated rings. The van der Waals surface area contributed by atoms with E-state index >= 15 is 0 Å². The summed E-state index contributed by atoms with van der Waals surface area (Å²) in [7, 11) is 1.13. The average molecular weight is 725 g/mol. The molecule has 2 bridgehead atoms. The summed E-state index contributed by atoms with van der Waals surface area (Å²) < 4.78 is 49.2. The molecule has 0 amide bonds. The molecule has 1 aromatic rings. The van der Waals surface area contributed by atoms with Gasteiger partial charge in [0.05, 0.1) is 44.9 Å². The first-order chi connectivity index (χ1) is 24.6. The zero-order valence-corrected chi connectivity index (χ0v) is 29.6. The zero-order valence-electron chi connectivity index (χ0n) is 29.6. The van der Waals surface area contributed by atoms with Crippen molar-refractivity contribution in [3.05, 3.63) is 54.3 Å². The lowest BCUT2D eigenvalue weighted by Gasteiger charge is -2.66. The van der Waals surface area contributed by atoms with Crippen molar-refractivity contribution in [1.82, 2.24) is 0 Å². The van der Waals surface area contributed by atoms with Crippen molar-refractivity contribution in [3.63, 3.8) is 0 Å². The van der Waals surface area contributed by atoms with E-state index < -0.39 is 111 Å². The van der Waals surface area contributed by atoms with Crippen molar-refractivity contribution in [3.8, 4) is 0 Å². The fourth-order valence-corrected chi connectivity index (χ4v) is 12.6. The van der Waals surface area contributed by atoms with Crippen molar-refractivity contribution < 1.29 is 67.6 Å². The quantitative estimate of drug-likeness (QED) is 0.165. The van der Waals surface area contributed by atoms with Crippen LogP contribution in [0.4, 0.5) is 0 Å². The molecule has 14 heteroatoms. The van der Waals surface area contributed by atoms with Crippen LogP contribution in [0.2, 0.25) is 0 Å². The minimum Gasteiger partial charge on any atom is -0.469 e. The highest BCUT2D eigenvalue weighted by Gasteiger charge is 2.96. The Bertz CT molecular complexity index is 1780. The van der Waals surface area contributed by atoms with Gasteiger partial charge in [0, 0.05) is 53.4 Å². The Hall–Kier alpha value is -3.37. The van der Waals surface area contributed by atoms with Crippen LogP contribution < -0.4 is 0 Å². The summed E-state index contributed by atoms with van der Waals surface area (Å²) in [5, 5.41) is 37.5.